The van der Waals surface area contributed by atoms with Crippen molar-refractivity contribution in [3.05, 3.63) is 0 Å². The Bertz CT molecular complexity index is 254. The van der Waals surface area contributed by atoms with E-state index in [-0.39, 0.29) is 12.0 Å². The molecule has 72 valence electrons. The van der Waals surface area contributed by atoms with Crippen molar-refractivity contribution in [2.45, 2.75) is 26.0 Å². The van der Waals surface area contributed by atoms with E-state index in [9.17, 15) is 9.59 Å². The van der Waals surface area contributed by atoms with Crippen LogP contribution in [0, 0.1) is 0 Å². The van der Waals surface area contributed by atoms with Crippen molar-refractivity contribution >= 4 is 17.8 Å². The first-order valence-electron chi connectivity index (χ1n) is 3.89. The summed E-state index contributed by atoms with van der Waals surface area (Å²) in [7, 11) is 0. The molecular formula is C7H11N3O3. The molecule has 0 saturated carbocycles. The minimum Gasteiger partial charge on any atom is -0.391 e. The van der Waals surface area contributed by atoms with Crippen LogP contribution in [0.2, 0.25) is 0 Å². The lowest BCUT2D eigenvalue weighted by Gasteiger charge is -2.09. The molecule has 2 unspecified atom stereocenters. The van der Waals surface area contributed by atoms with Crippen LogP contribution in [0.1, 0.15) is 13.8 Å². The summed E-state index contributed by atoms with van der Waals surface area (Å²) in [6.45, 7) is 3.25. The molecule has 0 aromatic heterocycles. The number of amides is 2. The number of rotatable bonds is 2. The van der Waals surface area contributed by atoms with Gasteiger partial charge in [0.15, 0.2) is 0 Å². The van der Waals surface area contributed by atoms with Gasteiger partial charge in [0, 0.05) is 0 Å². The zero-order valence-electron chi connectivity index (χ0n) is 7.37. The van der Waals surface area contributed by atoms with E-state index < -0.39 is 17.9 Å². The Labute approximate surface area is 75.0 Å². The van der Waals surface area contributed by atoms with Crippen LogP contribution in [-0.2, 0) is 9.59 Å². The summed E-state index contributed by atoms with van der Waals surface area (Å²) in [6.07, 6.45) is -0.623. The van der Waals surface area contributed by atoms with Crippen molar-refractivity contribution in [3.8, 4) is 0 Å². The van der Waals surface area contributed by atoms with Crippen molar-refractivity contribution in [2.24, 2.45) is 4.99 Å². The van der Waals surface area contributed by atoms with E-state index in [2.05, 4.69) is 15.6 Å². The predicted molar refractivity (Wildman–Crippen MR) is 44.9 cm³/mol. The molecule has 6 heteroatoms. The van der Waals surface area contributed by atoms with Crippen LogP contribution in [-0.4, -0.2) is 35.0 Å². The second kappa shape index (κ2) is 3.53. The maximum atomic E-state index is 10.7. The van der Waals surface area contributed by atoms with Gasteiger partial charge >= 0.3 is 11.8 Å². The Morgan fingerprint density at radius 1 is 1.23 bits per heavy atom. The number of nitrogens with zero attached hydrogens (tertiary/aromatic N) is 1. The second-order valence-corrected chi connectivity index (χ2v) is 2.87. The van der Waals surface area contributed by atoms with Crippen LogP contribution in [0.5, 0.6) is 0 Å². The molecule has 0 spiro atoms. The lowest BCUT2D eigenvalue weighted by molar-refractivity contribution is -0.135. The minimum atomic E-state index is -0.725. The van der Waals surface area contributed by atoms with Crippen LogP contribution in [0.3, 0.4) is 0 Å². The molecule has 0 bridgehead atoms. The number of hydrogen-bond donors (Lipinski definition) is 3. The monoisotopic (exact) mass is 185 g/mol. The second-order valence-electron chi connectivity index (χ2n) is 2.87. The molecule has 1 aliphatic heterocycles. The average Bonchev–Trinajstić information content (AvgIpc) is 2.31. The number of guanidine groups is 1. The van der Waals surface area contributed by atoms with Gasteiger partial charge in [-0.1, -0.05) is 0 Å². The minimum absolute atomic E-state index is 0.100. The van der Waals surface area contributed by atoms with Crippen LogP contribution in [0.4, 0.5) is 0 Å². The van der Waals surface area contributed by atoms with Crippen molar-refractivity contribution < 1.29 is 14.7 Å². The molecule has 1 fully saturated rings. The first-order chi connectivity index (χ1) is 6.00. The normalized spacial score (nSPS) is 20.7. The number of hydrogen-bond acceptors (Lipinski definition) is 4. The molecule has 1 rings (SSSR count). The molecule has 0 aromatic rings. The fourth-order valence-corrected chi connectivity index (χ4v) is 0.736. The van der Waals surface area contributed by atoms with E-state index in [0.29, 0.717) is 0 Å². The van der Waals surface area contributed by atoms with Crippen LogP contribution in [0.15, 0.2) is 4.99 Å². The zero-order chi connectivity index (χ0) is 10.0. The SMILES string of the molecule is CC(O)C(C)N=C1NC(=O)C(=O)N1. The third-order valence-electron chi connectivity index (χ3n) is 1.70. The van der Waals surface area contributed by atoms with Gasteiger partial charge in [0.1, 0.15) is 0 Å². The third-order valence-corrected chi connectivity index (χ3v) is 1.70. The summed E-state index contributed by atoms with van der Waals surface area (Å²) in [5.41, 5.74) is 0. The maximum Gasteiger partial charge on any atom is 0.316 e. The quantitative estimate of drug-likeness (QED) is 0.450. The fraction of sp³-hybridized carbons (Fsp3) is 0.571. The zero-order valence-corrected chi connectivity index (χ0v) is 7.37. The highest BCUT2D eigenvalue weighted by atomic mass is 16.3. The van der Waals surface area contributed by atoms with Gasteiger partial charge in [-0.05, 0) is 13.8 Å². The number of carbonyl (C=O) groups is 2. The van der Waals surface area contributed by atoms with Gasteiger partial charge in [-0.2, -0.15) is 0 Å². The predicted octanol–water partition coefficient (Wildman–Crippen LogP) is -1.64. The molecule has 1 saturated heterocycles. The van der Waals surface area contributed by atoms with Crippen LogP contribution >= 0.6 is 0 Å². The Kier molecular flexibility index (Phi) is 2.62. The van der Waals surface area contributed by atoms with Crippen LogP contribution < -0.4 is 10.6 Å². The van der Waals surface area contributed by atoms with E-state index >= 15 is 0 Å². The maximum absolute atomic E-state index is 10.7. The Hall–Kier alpha value is -1.43. The molecule has 2 atom stereocenters. The average molecular weight is 185 g/mol. The standard InChI is InChI=1S/C7H11N3O3/c1-3(4(2)11)8-7-9-5(12)6(13)10-7/h3-4,11H,1-2H3,(H2,8,9,10,12,13). The van der Waals surface area contributed by atoms with Crippen molar-refractivity contribution in [2.75, 3.05) is 0 Å². The van der Waals surface area contributed by atoms with Crippen LogP contribution in [0.25, 0.3) is 0 Å². The van der Waals surface area contributed by atoms with Gasteiger partial charge in [-0.25, -0.2) is 4.99 Å². The molecule has 0 aliphatic carbocycles. The summed E-state index contributed by atoms with van der Waals surface area (Å²) in [6, 6.07) is -0.367. The number of aliphatic hydroxyl groups excluding tert-OH is 1. The van der Waals surface area contributed by atoms with Crippen molar-refractivity contribution in [3.63, 3.8) is 0 Å². The third kappa shape index (κ3) is 2.25. The molecule has 2 amide bonds. The van der Waals surface area contributed by atoms with Gasteiger partial charge < -0.3 is 5.11 Å². The van der Waals surface area contributed by atoms with E-state index in [1.165, 1.54) is 0 Å². The van der Waals surface area contributed by atoms with Gasteiger partial charge in [0.2, 0.25) is 5.96 Å². The molecule has 0 aromatic carbocycles. The van der Waals surface area contributed by atoms with E-state index in [1.54, 1.807) is 13.8 Å². The first kappa shape index (κ1) is 9.66. The smallest absolute Gasteiger partial charge is 0.316 e. The number of carbonyl (C=O) groups excluding carboxylic acids is 2. The number of aliphatic hydroxyl groups is 1. The topological polar surface area (TPSA) is 90.8 Å². The largest absolute Gasteiger partial charge is 0.391 e. The highest BCUT2D eigenvalue weighted by molar-refractivity contribution is 6.45. The Morgan fingerprint density at radius 2 is 1.69 bits per heavy atom. The van der Waals surface area contributed by atoms with Gasteiger partial charge in [0.25, 0.3) is 0 Å². The Balaban J connectivity index is 2.64. The summed E-state index contributed by atoms with van der Waals surface area (Å²) < 4.78 is 0. The number of aliphatic imine (C=N–C) groups is 1. The van der Waals surface area contributed by atoms with Gasteiger partial charge in [-0.3, -0.25) is 20.2 Å². The lowest BCUT2D eigenvalue weighted by atomic mass is 10.2. The lowest BCUT2D eigenvalue weighted by Crippen LogP contribution is -2.30. The van der Waals surface area contributed by atoms with Crippen molar-refractivity contribution in [1.29, 1.82) is 0 Å². The summed E-state index contributed by atoms with van der Waals surface area (Å²) >= 11 is 0. The number of nitrogens with one attached hydrogen (secondary N) is 2. The molecule has 13 heavy (non-hydrogen) atoms. The first-order valence-corrected chi connectivity index (χ1v) is 3.89. The summed E-state index contributed by atoms with van der Waals surface area (Å²) in [4.78, 5) is 25.2. The molecule has 0 radical (unpaired) electrons. The molecular weight excluding hydrogens is 174 g/mol. The molecule has 6 nitrogen and oxygen atoms in total. The van der Waals surface area contributed by atoms with Gasteiger partial charge in [-0.15, -0.1) is 0 Å². The van der Waals surface area contributed by atoms with E-state index in [0.717, 1.165) is 0 Å². The highest BCUT2D eigenvalue weighted by Gasteiger charge is 2.25. The Morgan fingerprint density at radius 3 is 2.08 bits per heavy atom. The highest BCUT2D eigenvalue weighted by Crippen LogP contribution is 1.97. The fourth-order valence-electron chi connectivity index (χ4n) is 0.736. The molecule has 1 aliphatic rings. The van der Waals surface area contributed by atoms with E-state index in [4.69, 9.17) is 5.11 Å². The van der Waals surface area contributed by atoms with E-state index in [1.807, 2.05) is 0 Å². The van der Waals surface area contributed by atoms with Crippen molar-refractivity contribution in [1.82, 2.24) is 10.6 Å². The molecule has 3 N–H and O–H groups in total. The molecule has 1 heterocycles. The van der Waals surface area contributed by atoms with Gasteiger partial charge in [0.05, 0.1) is 12.1 Å². The summed E-state index contributed by atoms with van der Waals surface area (Å²) in [5, 5.41) is 13.5. The summed E-state index contributed by atoms with van der Waals surface area (Å²) in [5.74, 6) is -1.35.